The van der Waals surface area contributed by atoms with Gasteiger partial charge in [0, 0.05) is 5.75 Å². The summed E-state index contributed by atoms with van der Waals surface area (Å²) in [5, 5.41) is 24.5. The van der Waals surface area contributed by atoms with Gasteiger partial charge in [0.25, 0.3) is 0 Å². The van der Waals surface area contributed by atoms with Gasteiger partial charge in [-0.15, -0.1) is 16.9 Å². The Morgan fingerprint density at radius 1 is 1.79 bits per heavy atom. The molecule has 76 valence electrons. The molecular weight excluding hydrogens is 210 g/mol. The summed E-state index contributed by atoms with van der Waals surface area (Å²) in [4.78, 5) is 20.3. The molecule has 0 aliphatic heterocycles. The lowest BCUT2D eigenvalue weighted by molar-refractivity contribution is -0.392. The summed E-state index contributed by atoms with van der Waals surface area (Å²) in [5.41, 5.74) is 0. The molecule has 1 aromatic rings. The van der Waals surface area contributed by atoms with Gasteiger partial charge in [-0.3, -0.25) is 4.79 Å². The minimum Gasteiger partial charge on any atom is -0.481 e. The fourth-order valence-electron chi connectivity index (χ4n) is 0.753. The van der Waals surface area contributed by atoms with Crippen molar-refractivity contribution in [3.8, 4) is 0 Å². The fourth-order valence-corrected chi connectivity index (χ4v) is 1.63. The summed E-state index contributed by atoms with van der Waals surface area (Å²) in [7, 11) is 0. The van der Waals surface area contributed by atoms with Gasteiger partial charge in [0.05, 0.1) is 12.6 Å². The predicted molar refractivity (Wildman–Crippen MR) is 48.2 cm³/mol. The summed E-state index contributed by atoms with van der Waals surface area (Å²) < 4.78 is 0. The van der Waals surface area contributed by atoms with Crippen LogP contribution in [-0.4, -0.2) is 31.9 Å². The van der Waals surface area contributed by atoms with E-state index in [-0.39, 0.29) is 18.0 Å². The molecule has 0 amide bonds. The molecule has 14 heavy (non-hydrogen) atoms. The van der Waals surface area contributed by atoms with Crippen molar-refractivity contribution in [3.05, 3.63) is 16.3 Å². The van der Waals surface area contributed by atoms with E-state index in [1.807, 2.05) is 0 Å². The van der Waals surface area contributed by atoms with Gasteiger partial charge in [-0.2, -0.15) is 0 Å². The van der Waals surface area contributed by atoms with Gasteiger partial charge < -0.3 is 15.2 Å². The number of aromatic amines is 1. The largest absolute Gasteiger partial charge is 0.481 e. The van der Waals surface area contributed by atoms with Crippen LogP contribution in [0.15, 0.2) is 11.1 Å². The molecule has 0 spiro atoms. The number of nitrogens with one attached hydrogen (secondary N) is 1. The molecule has 0 aliphatic carbocycles. The Bertz CT molecular complexity index is 351. The number of hydrogen-bond donors (Lipinski definition) is 2. The van der Waals surface area contributed by atoms with Crippen molar-refractivity contribution in [1.29, 1.82) is 0 Å². The molecule has 0 bridgehead atoms. The molecule has 1 heterocycles. The highest BCUT2D eigenvalue weighted by Crippen LogP contribution is 2.26. The van der Waals surface area contributed by atoms with Crippen LogP contribution in [0.2, 0.25) is 0 Å². The van der Waals surface area contributed by atoms with Crippen LogP contribution >= 0.6 is 11.8 Å². The van der Waals surface area contributed by atoms with Crippen LogP contribution in [0.1, 0.15) is 6.42 Å². The fraction of sp³-hybridized carbons (Fsp3) is 0.333. The molecule has 0 unspecified atom stereocenters. The number of H-pyrrole nitrogens is 1. The van der Waals surface area contributed by atoms with Gasteiger partial charge in [-0.1, -0.05) is 5.10 Å². The average molecular weight is 217 g/mol. The minimum atomic E-state index is -0.927. The molecule has 0 aromatic carbocycles. The van der Waals surface area contributed by atoms with Gasteiger partial charge in [0.15, 0.2) is 0 Å². The van der Waals surface area contributed by atoms with Gasteiger partial charge in [0.2, 0.25) is 0 Å². The summed E-state index contributed by atoms with van der Waals surface area (Å²) in [5.74, 6) is -0.834. The van der Waals surface area contributed by atoms with Crippen molar-refractivity contribution in [2.75, 3.05) is 5.75 Å². The molecule has 1 aromatic heterocycles. The smallest absolute Gasteiger partial charge is 0.356 e. The van der Waals surface area contributed by atoms with Gasteiger partial charge in [0.1, 0.15) is 4.90 Å². The number of thioether (sulfide) groups is 1. The number of carboxylic acids is 1. The average Bonchev–Trinajstić information content (AvgIpc) is 2.51. The number of rotatable bonds is 5. The maximum absolute atomic E-state index is 10.4. The Kier molecular flexibility index (Phi) is 3.46. The maximum atomic E-state index is 10.4. The Hall–Kier alpha value is -1.57. The van der Waals surface area contributed by atoms with Crippen LogP contribution in [0.3, 0.4) is 0 Å². The van der Waals surface area contributed by atoms with Gasteiger partial charge in [-0.25, -0.2) is 0 Å². The van der Waals surface area contributed by atoms with Crippen molar-refractivity contribution < 1.29 is 14.8 Å². The third-order valence-corrected chi connectivity index (χ3v) is 2.36. The summed E-state index contributed by atoms with van der Waals surface area (Å²) >= 11 is 1.09. The second-order valence-electron chi connectivity index (χ2n) is 2.33. The first-order chi connectivity index (χ1) is 6.61. The van der Waals surface area contributed by atoms with E-state index in [2.05, 4.69) is 10.2 Å². The van der Waals surface area contributed by atoms with E-state index < -0.39 is 10.9 Å². The van der Waals surface area contributed by atoms with E-state index in [4.69, 9.17) is 5.11 Å². The first kappa shape index (κ1) is 10.5. The van der Waals surface area contributed by atoms with Crippen LogP contribution in [-0.2, 0) is 4.79 Å². The Morgan fingerprint density at radius 2 is 2.50 bits per heavy atom. The van der Waals surface area contributed by atoms with E-state index in [1.54, 1.807) is 0 Å². The van der Waals surface area contributed by atoms with E-state index in [1.165, 1.54) is 6.20 Å². The van der Waals surface area contributed by atoms with Crippen LogP contribution in [0.4, 0.5) is 5.82 Å². The van der Waals surface area contributed by atoms with Crippen molar-refractivity contribution in [1.82, 2.24) is 10.2 Å². The number of carbonyl (C=O) groups is 1. The number of aliphatic carboxylic acids is 1. The van der Waals surface area contributed by atoms with Crippen LogP contribution in [0.5, 0.6) is 0 Å². The molecule has 0 aliphatic rings. The summed E-state index contributed by atoms with van der Waals surface area (Å²) in [6.45, 7) is 0. The van der Waals surface area contributed by atoms with Crippen molar-refractivity contribution in [3.63, 3.8) is 0 Å². The van der Waals surface area contributed by atoms with E-state index in [0.717, 1.165) is 11.8 Å². The zero-order chi connectivity index (χ0) is 10.6. The number of nitrogens with zero attached hydrogens (tertiary/aromatic N) is 2. The first-order valence-corrected chi connectivity index (χ1v) is 4.62. The molecule has 7 nitrogen and oxygen atoms in total. The highest BCUT2D eigenvalue weighted by molar-refractivity contribution is 7.99. The van der Waals surface area contributed by atoms with E-state index in [9.17, 15) is 14.9 Å². The molecule has 0 saturated heterocycles. The summed E-state index contributed by atoms with van der Waals surface area (Å²) in [6.07, 6.45) is 1.28. The molecule has 0 fully saturated rings. The first-order valence-electron chi connectivity index (χ1n) is 3.63. The molecule has 2 N–H and O–H groups in total. The molecule has 8 heteroatoms. The third kappa shape index (κ3) is 2.73. The SMILES string of the molecule is O=C(O)CCSc1cn[nH]c1[N+](=O)[O-]. The predicted octanol–water partition coefficient (Wildman–Crippen LogP) is 0.885. The minimum absolute atomic E-state index is 0.0347. The topological polar surface area (TPSA) is 109 Å². The molecule has 0 radical (unpaired) electrons. The highest BCUT2D eigenvalue weighted by atomic mass is 32.2. The number of nitro groups is 1. The molecule has 1 rings (SSSR count). The zero-order valence-electron chi connectivity index (χ0n) is 6.97. The van der Waals surface area contributed by atoms with E-state index >= 15 is 0 Å². The van der Waals surface area contributed by atoms with Crippen LogP contribution in [0, 0.1) is 10.1 Å². The number of aromatic nitrogens is 2. The number of carboxylic acid groups (broad SMARTS) is 1. The lowest BCUT2D eigenvalue weighted by Gasteiger charge is -1.95. The Balaban J connectivity index is 2.54. The molecular formula is C6H7N3O4S. The standard InChI is InChI=1S/C6H7N3O4S/c10-5(11)1-2-14-4-3-7-8-6(4)9(12)13/h3H,1-2H2,(H,7,8)(H,10,11). The Morgan fingerprint density at radius 3 is 3.07 bits per heavy atom. The molecule has 0 saturated carbocycles. The highest BCUT2D eigenvalue weighted by Gasteiger charge is 2.15. The molecule has 0 atom stereocenters. The second-order valence-corrected chi connectivity index (χ2v) is 3.47. The van der Waals surface area contributed by atoms with Crippen molar-refractivity contribution in [2.45, 2.75) is 11.3 Å². The quantitative estimate of drug-likeness (QED) is 0.430. The van der Waals surface area contributed by atoms with Gasteiger partial charge in [-0.05, 0) is 4.92 Å². The maximum Gasteiger partial charge on any atom is 0.356 e. The van der Waals surface area contributed by atoms with Crippen LogP contribution in [0.25, 0.3) is 0 Å². The van der Waals surface area contributed by atoms with Crippen LogP contribution < -0.4 is 0 Å². The second kappa shape index (κ2) is 4.61. The summed E-state index contributed by atoms with van der Waals surface area (Å²) in [6, 6.07) is 0. The number of hydrogen-bond acceptors (Lipinski definition) is 5. The zero-order valence-corrected chi connectivity index (χ0v) is 7.78. The lowest BCUT2D eigenvalue weighted by Crippen LogP contribution is -1.96. The monoisotopic (exact) mass is 217 g/mol. The normalized spacial score (nSPS) is 10.0. The van der Waals surface area contributed by atoms with E-state index in [0.29, 0.717) is 4.90 Å². The van der Waals surface area contributed by atoms with Crippen molar-refractivity contribution in [2.24, 2.45) is 0 Å². The van der Waals surface area contributed by atoms with Gasteiger partial charge >= 0.3 is 11.8 Å². The van der Waals surface area contributed by atoms with Crippen molar-refractivity contribution >= 4 is 23.5 Å². The lowest BCUT2D eigenvalue weighted by atomic mass is 10.5. The third-order valence-electron chi connectivity index (χ3n) is 1.34. The Labute approximate surface area is 82.7 Å².